The molecule has 0 fully saturated rings. The first-order chi connectivity index (χ1) is 15.7. The zero-order chi connectivity index (χ0) is 21.9. The Morgan fingerprint density at radius 2 is 1.75 bits per heavy atom. The molecular weight excluding hydrogens is 434 g/mol. The number of para-hydroxylation sites is 2. The first-order valence-corrected chi connectivity index (χ1v) is 12.8. The van der Waals surface area contributed by atoms with Gasteiger partial charge in [-0.2, -0.15) is 0 Å². The molecule has 0 saturated heterocycles. The Kier molecular flexibility index (Phi) is 6.23. The maximum absolute atomic E-state index is 12.6. The van der Waals surface area contributed by atoms with E-state index >= 15 is 0 Å². The molecule has 0 unspecified atom stereocenters. The van der Waals surface area contributed by atoms with E-state index in [4.69, 9.17) is 0 Å². The highest BCUT2D eigenvalue weighted by atomic mass is 32.2. The number of hydrogen-bond donors (Lipinski definition) is 2. The number of fused-ring (bicyclic) bond motifs is 2. The van der Waals surface area contributed by atoms with Crippen molar-refractivity contribution in [1.82, 2.24) is 15.3 Å². The summed E-state index contributed by atoms with van der Waals surface area (Å²) >= 11 is 3.32. The summed E-state index contributed by atoms with van der Waals surface area (Å²) < 4.78 is 0. The Morgan fingerprint density at radius 1 is 1.00 bits per heavy atom. The molecule has 4 aromatic rings. The number of nitrogens with zero attached hydrogens (tertiary/aromatic N) is 1. The van der Waals surface area contributed by atoms with Crippen molar-refractivity contribution in [2.45, 2.75) is 41.6 Å². The van der Waals surface area contributed by atoms with Crippen LogP contribution in [0.1, 0.15) is 22.3 Å². The second-order valence-corrected chi connectivity index (χ2v) is 10.1. The van der Waals surface area contributed by atoms with Gasteiger partial charge in [0.25, 0.3) is 0 Å². The average Bonchev–Trinajstić information content (AvgIpc) is 3.40. The van der Waals surface area contributed by atoms with Gasteiger partial charge in [-0.15, -0.1) is 11.8 Å². The summed E-state index contributed by atoms with van der Waals surface area (Å²) in [5.74, 6) is 1.38. The van der Waals surface area contributed by atoms with Crippen molar-refractivity contribution in [2.75, 3.05) is 5.75 Å². The molecule has 6 heteroatoms. The lowest BCUT2D eigenvalue weighted by Gasteiger charge is -2.13. The van der Waals surface area contributed by atoms with Crippen LogP contribution in [0.5, 0.6) is 0 Å². The summed E-state index contributed by atoms with van der Waals surface area (Å²) in [6.07, 6.45) is 1.86. The number of carbonyl (C=O) groups is 1. The number of aromatic amines is 1. The van der Waals surface area contributed by atoms with Gasteiger partial charge in [-0.1, -0.05) is 60.3 Å². The van der Waals surface area contributed by atoms with Gasteiger partial charge in [-0.3, -0.25) is 4.79 Å². The first-order valence-electron chi connectivity index (χ1n) is 10.8. The lowest BCUT2D eigenvalue weighted by molar-refractivity contribution is -0.119. The van der Waals surface area contributed by atoms with Crippen LogP contribution in [0.4, 0.5) is 0 Å². The number of thioether (sulfide) groups is 2. The van der Waals surface area contributed by atoms with Crippen molar-refractivity contribution < 1.29 is 4.79 Å². The molecule has 0 aliphatic heterocycles. The Bertz CT molecular complexity index is 1210. The molecule has 32 heavy (non-hydrogen) atoms. The number of aromatic nitrogens is 2. The standard InChI is InChI=1S/C26H25N3OS2/c1-17-20(15-32-26-28-22-10-4-5-11-23(22)29-26)9-6-12-24(17)31-16-25(30)27-21-13-18-7-2-3-8-19(18)14-21/h2-12,21H,13-16H2,1H3,(H,27,30)(H,28,29). The minimum absolute atomic E-state index is 0.106. The number of carbonyl (C=O) groups excluding carboxylic acids is 1. The number of benzene rings is 3. The summed E-state index contributed by atoms with van der Waals surface area (Å²) in [6, 6.07) is 23.1. The van der Waals surface area contributed by atoms with E-state index in [0.29, 0.717) is 5.75 Å². The molecule has 0 atom stereocenters. The summed E-state index contributed by atoms with van der Waals surface area (Å²) in [5, 5.41) is 4.14. The molecule has 0 spiro atoms. The number of imidazole rings is 1. The number of nitrogens with one attached hydrogen (secondary N) is 2. The van der Waals surface area contributed by atoms with Gasteiger partial charge in [-0.25, -0.2) is 4.98 Å². The van der Waals surface area contributed by atoms with Crippen molar-refractivity contribution in [3.05, 3.63) is 89.0 Å². The van der Waals surface area contributed by atoms with Gasteiger partial charge in [-0.05, 0) is 60.2 Å². The van der Waals surface area contributed by atoms with Crippen LogP contribution in [0.3, 0.4) is 0 Å². The Morgan fingerprint density at radius 3 is 2.53 bits per heavy atom. The fourth-order valence-electron chi connectivity index (χ4n) is 4.19. The highest BCUT2D eigenvalue weighted by molar-refractivity contribution is 8.00. The van der Waals surface area contributed by atoms with E-state index in [0.717, 1.165) is 39.7 Å². The highest BCUT2D eigenvalue weighted by Gasteiger charge is 2.22. The molecule has 4 nitrogen and oxygen atoms in total. The monoisotopic (exact) mass is 459 g/mol. The van der Waals surface area contributed by atoms with Crippen LogP contribution in [0.15, 0.2) is 76.8 Å². The van der Waals surface area contributed by atoms with Crippen molar-refractivity contribution in [2.24, 2.45) is 0 Å². The minimum atomic E-state index is 0.106. The summed E-state index contributed by atoms with van der Waals surface area (Å²) in [4.78, 5) is 21.8. The van der Waals surface area contributed by atoms with Gasteiger partial charge in [0.15, 0.2) is 5.16 Å². The Balaban J connectivity index is 1.16. The van der Waals surface area contributed by atoms with Crippen LogP contribution in [-0.2, 0) is 23.4 Å². The molecule has 1 amide bonds. The second kappa shape index (κ2) is 9.43. The minimum Gasteiger partial charge on any atom is -0.352 e. The SMILES string of the molecule is Cc1c(CSc2nc3ccccc3[nH]2)cccc1SCC(=O)NC1Cc2ccccc2C1. The smallest absolute Gasteiger partial charge is 0.230 e. The molecule has 0 radical (unpaired) electrons. The predicted molar refractivity (Wildman–Crippen MR) is 133 cm³/mol. The summed E-state index contributed by atoms with van der Waals surface area (Å²) in [7, 11) is 0. The predicted octanol–water partition coefficient (Wildman–Crippen LogP) is 5.54. The van der Waals surface area contributed by atoms with Crippen molar-refractivity contribution in [1.29, 1.82) is 0 Å². The molecular formula is C26H25N3OS2. The number of H-pyrrole nitrogens is 1. The molecule has 3 aromatic carbocycles. The molecule has 1 aliphatic carbocycles. The summed E-state index contributed by atoms with van der Waals surface area (Å²) in [5.41, 5.74) is 7.28. The molecule has 1 heterocycles. The van der Waals surface area contributed by atoms with E-state index < -0.39 is 0 Å². The van der Waals surface area contributed by atoms with Crippen molar-refractivity contribution >= 4 is 40.5 Å². The molecule has 162 valence electrons. The zero-order valence-corrected chi connectivity index (χ0v) is 19.6. The van der Waals surface area contributed by atoms with Crippen LogP contribution >= 0.6 is 23.5 Å². The third kappa shape index (κ3) is 4.71. The summed E-state index contributed by atoms with van der Waals surface area (Å²) in [6.45, 7) is 2.14. The maximum atomic E-state index is 12.6. The number of amides is 1. The molecule has 1 aliphatic rings. The first kappa shape index (κ1) is 21.2. The van der Waals surface area contributed by atoms with E-state index in [2.05, 4.69) is 64.7 Å². The highest BCUT2D eigenvalue weighted by Crippen LogP contribution is 2.30. The number of rotatable bonds is 7. The zero-order valence-electron chi connectivity index (χ0n) is 17.9. The largest absolute Gasteiger partial charge is 0.352 e. The molecule has 0 bridgehead atoms. The van der Waals surface area contributed by atoms with Gasteiger partial charge in [0.05, 0.1) is 16.8 Å². The molecule has 5 rings (SSSR count). The normalized spacial score (nSPS) is 13.4. The van der Waals surface area contributed by atoms with Crippen LogP contribution in [-0.4, -0.2) is 27.7 Å². The van der Waals surface area contributed by atoms with Gasteiger partial charge < -0.3 is 10.3 Å². The molecule has 0 saturated carbocycles. The lowest BCUT2D eigenvalue weighted by Crippen LogP contribution is -2.36. The van der Waals surface area contributed by atoms with E-state index in [1.807, 2.05) is 24.3 Å². The third-order valence-electron chi connectivity index (χ3n) is 5.90. The lowest BCUT2D eigenvalue weighted by atomic mass is 10.1. The van der Waals surface area contributed by atoms with Gasteiger partial charge in [0.1, 0.15) is 0 Å². The maximum Gasteiger partial charge on any atom is 0.230 e. The average molecular weight is 460 g/mol. The van der Waals surface area contributed by atoms with E-state index in [-0.39, 0.29) is 11.9 Å². The fourth-order valence-corrected chi connectivity index (χ4v) is 6.03. The van der Waals surface area contributed by atoms with Crippen LogP contribution in [0.25, 0.3) is 11.0 Å². The fraction of sp³-hybridized carbons (Fsp3) is 0.231. The second-order valence-electron chi connectivity index (χ2n) is 8.12. The van der Waals surface area contributed by atoms with E-state index in [1.54, 1.807) is 23.5 Å². The van der Waals surface area contributed by atoms with Crippen LogP contribution in [0, 0.1) is 6.92 Å². The third-order valence-corrected chi connectivity index (χ3v) is 7.99. The van der Waals surface area contributed by atoms with Crippen LogP contribution < -0.4 is 5.32 Å². The molecule has 2 N–H and O–H groups in total. The van der Waals surface area contributed by atoms with Gasteiger partial charge in [0, 0.05) is 16.7 Å². The topological polar surface area (TPSA) is 57.8 Å². The quantitative estimate of drug-likeness (QED) is 0.356. The number of hydrogen-bond acceptors (Lipinski definition) is 4. The van der Waals surface area contributed by atoms with Crippen LogP contribution in [0.2, 0.25) is 0 Å². The molecule has 1 aromatic heterocycles. The van der Waals surface area contributed by atoms with Gasteiger partial charge >= 0.3 is 0 Å². The van der Waals surface area contributed by atoms with Crippen molar-refractivity contribution in [3.63, 3.8) is 0 Å². The Hall–Kier alpha value is -2.70. The Labute approximate surface area is 196 Å². The van der Waals surface area contributed by atoms with Gasteiger partial charge in [0.2, 0.25) is 5.91 Å². The van der Waals surface area contributed by atoms with E-state index in [1.165, 1.54) is 22.3 Å². The van der Waals surface area contributed by atoms with E-state index in [9.17, 15) is 4.79 Å². The van der Waals surface area contributed by atoms with Crippen molar-refractivity contribution in [3.8, 4) is 0 Å².